The van der Waals surface area contributed by atoms with Gasteiger partial charge in [-0.3, -0.25) is 4.79 Å². The molecule has 0 saturated heterocycles. The smallest absolute Gasteiger partial charge is 0.272 e. The number of carbonyl (C=O) groups is 1. The fourth-order valence-electron chi connectivity index (χ4n) is 3.64. The van der Waals surface area contributed by atoms with E-state index in [9.17, 15) is 4.79 Å². The van der Waals surface area contributed by atoms with Gasteiger partial charge >= 0.3 is 0 Å². The Balaban J connectivity index is 1.82. The summed E-state index contributed by atoms with van der Waals surface area (Å²) in [7, 11) is 3.69. The molecule has 4 aromatic rings. The molecule has 0 aliphatic carbocycles. The zero-order valence-corrected chi connectivity index (χ0v) is 16.9. The number of anilines is 1. The third-order valence-electron chi connectivity index (χ3n) is 5.14. The molecule has 0 aliphatic heterocycles. The molecule has 1 N–H and O–H groups in total. The van der Waals surface area contributed by atoms with Gasteiger partial charge in [0.2, 0.25) is 0 Å². The van der Waals surface area contributed by atoms with Gasteiger partial charge in [-0.1, -0.05) is 35.9 Å². The molecule has 28 heavy (non-hydrogen) atoms. The van der Waals surface area contributed by atoms with Crippen LogP contribution < -0.4 is 5.32 Å². The molecule has 0 fully saturated rings. The van der Waals surface area contributed by atoms with Crippen LogP contribution in [0.1, 0.15) is 16.1 Å². The number of fused-ring (bicyclic) bond motifs is 3. The van der Waals surface area contributed by atoms with Crippen LogP contribution in [0.25, 0.3) is 21.9 Å². The first-order chi connectivity index (χ1) is 13.5. The van der Waals surface area contributed by atoms with Crippen LogP contribution in [0.5, 0.6) is 0 Å². The average molecular weight is 396 g/mol. The molecule has 0 saturated carbocycles. The molecule has 0 radical (unpaired) electrons. The Morgan fingerprint density at radius 1 is 1.14 bits per heavy atom. The number of nitrogens with one attached hydrogen (secondary N) is 1. The fraction of sp³-hybridized carbons (Fsp3) is 0.227. The van der Waals surface area contributed by atoms with Crippen molar-refractivity contribution in [3.8, 4) is 0 Å². The molecule has 4 rings (SSSR count). The molecule has 6 heteroatoms. The molecule has 2 aromatic carbocycles. The van der Waals surface area contributed by atoms with Crippen LogP contribution in [0.15, 0.2) is 48.5 Å². The maximum atomic E-state index is 13.1. The Labute approximate surface area is 168 Å². The van der Waals surface area contributed by atoms with Gasteiger partial charge in [-0.15, -0.1) is 0 Å². The van der Waals surface area contributed by atoms with Crippen LogP contribution in [0.2, 0.25) is 5.02 Å². The highest BCUT2D eigenvalue weighted by molar-refractivity contribution is 6.31. The molecular formula is C22H22ClN3O2. The zero-order chi connectivity index (χ0) is 19.8. The van der Waals surface area contributed by atoms with Crippen molar-refractivity contribution in [3.05, 3.63) is 64.8 Å². The summed E-state index contributed by atoms with van der Waals surface area (Å²) < 4.78 is 9.44. The Morgan fingerprint density at radius 3 is 2.68 bits per heavy atom. The van der Waals surface area contributed by atoms with Crippen LogP contribution in [0.4, 0.5) is 5.69 Å². The Morgan fingerprint density at radius 2 is 1.93 bits per heavy atom. The van der Waals surface area contributed by atoms with Gasteiger partial charge < -0.3 is 19.2 Å². The number of carbonyl (C=O) groups excluding carboxylic acids is 1. The van der Waals surface area contributed by atoms with Crippen molar-refractivity contribution in [2.75, 3.05) is 19.0 Å². The molecule has 2 heterocycles. The van der Waals surface area contributed by atoms with E-state index in [1.54, 1.807) is 13.2 Å². The molecule has 0 bridgehead atoms. The SMILES string of the molecule is COCCn1c(C(=O)Nc2ccc(C)c(Cl)c2)cc2c1c1ccccc1n2C. The van der Waals surface area contributed by atoms with E-state index in [1.165, 1.54) is 0 Å². The van der Waals surface area contributed by atoms with Crippen molar-refractivity contribution in [2.24, 2.45) is 7.05 Å². The second-order valence-electron chi connectivity index (χ2n) is 6.90. The van der Waals surface area contributed by atoms with Crippen molar-refractivity contribution in [1.82, 2.24) is 9.13 Å². The maximum Gasteiger partial charge on any atom is 0.272 e. The Hall–Kier alpha value is -2.76. The summed E-state index contributed by atoms with van der Waals surface area (Å²) in [5.41, 5.74) is 5.44. The number of aryl methyl sites for hydroxylation is 2. The fourth-order valence-corrected chi connectivity index (χ4v) is 3.82. The molecule has 0 unspecified atom stereocenters. The average Bonchev–Trinajstić information content (AvgIpc) is 3.20. The van der Waals surface area contributed by atoms with Crippen molar-refractivity contribution >= 4 is 45.1 Å². The molecule has 1 amide bonds. The van der Waals surface area contributed by atoms with E-state index in [4.69, 9.17) is 16.3 Å². The lowest BCUT2D eigenvalue weighted by Gasteiger charge is -2.11. The summed E-state index contributed by atoms with van der Waals surface area (Å²) in [5.74, 6) is -0.170. The first kappa shape index (κ1) is 18.6. The highest BCUT2D eigenvalue weighted by Crippen LogP contribution is 2.31. The van der Waals surface area contributed by atoms with Crippen molar-refractivity contribution in [1.29, 1.82) is 0 Å². The highest BCUT2D eigenvalue weighted by Gasteiger charge is 2.21. The van der Waals surface area contributed by atoms with Gasteiger partial charge in [-0.05, 0) is 36.8 Å². The quantitative estimate of drug-likeness (QED) is 0.517. The number of ether oxygens (including phenoxy) is 1. The highest BCUT2D eigenvalue weighted by atomic mass is 35.5. The monoisotopic (exact) mass is 395 g/mol. The summed E-state index contributed by atoms with van der Waals surface area (Å²) in [4.78, 5) is 13.1. The first-order valence-electron chi connectivity index (χ1n) is 9.14. The van der Waals surface area contributed by atoms with E-state index >= 15 is 0 Å². The number of hydrogen-bond donors (Lipinski definition) is 1. The molecular weight excluding hydrogens is 374 g/mol. The summed E-state index contributed by atoms with van der Waals surface area (Å²) in [5, 5.41) is 4.71. The largest absolute Gasteiger partial charge is 0.383 e. The number of nitrogens with zero attached hydrogens (tertiary/aromatic N) is 2. The van der Waals surface area contributed by atoms with Gasteiger partial charge in [0.1, 0.15) is 5.69 Å². The molecule has 5 nitrogen and oxygen atoms in total. The number of para-hydroxylation sites is 1. The molecule has 0 aliphatic rings. The second-order valence-corrected chi connectivity index (χ2v) is 7.31. The lowest BCUT2D eigenvalue weighted by molar-refractivity contribution is 0.101. The van der Waals surface area contributed by atoms with Crippen LogP contribution in [0.3, 0.4) is 0 Å². The standard InChI is InChI=1S/C22H22ClN3O2/c1-14-8-9-15(12-17(14)23)24-22(27)20-13-19-21(26(20)10-11-28-3)16-6-4-5-7-18(16)25(19)2/h4-9,12-13H,10-11H2,1-3H3,(H,24,27). The summed E-state index contributed by atoms with van der Waals surface area (Å²) in [6.45, 7) is 3.04. The van der Waals surface area contributed by atoms with E-state index in [2.05, 4.69) is 22.0 Å². The van der Waals surface area contributed by atoms with E-state index in [0.717, 1.165) is 27.5 Å². The number of hydrogen-bond acceptors (Lipinski definition) is 2. The minimum atomic E-state index is -0.170. The first-order valence-corrected chi connectivity index (χ1v) is 9.52. The maximum absolute atomic E-state index is 13.1. The van der Waals surface area contributed by atoms with Gasteiger partial charge in [0.15, 0.2) is 0 Å². The molecule has 2 aromatic heterocycles. The van der Waals surface area contributed by atoms with Gasteiger partial charge in [0.25, 0.3) is 5.91 Å². The Bertz CT molecular complexity index is 1190. The Kier molecular flexibility index (Phi) is 4.87. The minimum absolute atomic E-state index is 0.170. The van der Waals surface area contributed by atoms with Crippen LogP contribution in [-0.4, -0.2) is 28.8 Å². The molecule has 0 spiro atoms. The van der Waals surface area contributed by atoms with Crippen LogP contribution >= 0.6 is 11.6 Å². The number of halogens is 1. The predicted octanol–water partition coefficient (Wildman–Crippen LogP) is 4.99. The third-order valence-corrected chi connectivity index (χ3v) is 5.55. The zero-order valence-electron chi connectivity index (χ0n) is 16.1. The number of amides is 1. The number of aromatic nitrogens is 2. The second kappa shape index (κ2) is 7.34. The van der Waals surface area contributed by atoms with Crippen LogP contribution in [-0.2, 0) is 18.3 Å². The number of rotatable bonds is 5. The lowest BCUT2D eigenvalue weighted by Crippen LogP contribution is -2.18. The molecule has 0 atom stereocenters. The van der Waals surface area contributed by atoms with Crippen molar-refractivity contribution in [3.63, 3.8) is 0 Å². The number of benzene rings is 2. The minimum Gasteiger partial charge on any atom is -0.383 e. The van der Waals surface area contributed by atoms with Crippen LogP contribution in [0, 0.1) is 6.92 Å². The summed E-state index contributed by atoms with van der Waals surface area (Å²) in [6, 6.07) is 15.7. The van der Waals surface area contributed by atoms with E-state index in [-0.39, 0.29) is 5.91 Å². The van der Waals surface area contributed by atoms with Gasteiger partial charge in [0.05, 0.1) is 23.2 Å². The van der Waals surface area contributed by atoms with Crippen molar-refractivity contribution < 1.29 is 9.53 Å². The van der Waals surface area contributed by atoms with E-state index < -0.39 is 0 Å². The van der Waals surface area contributed by atoms with Crippen molar-refractivity contribution in [2.45, 2.75) is 13.5 Å². The van der Waals surface area contributed by atoms with E-state index in [1.807, 2.05) is 48.9 Å². The summed E-state index contributed by atoms with van der Waals surface area (Å²) in [6.07, 6.45) is 0. The normalized spacial score (nSPS) is 11.4. The number of methoxy groups -OCH3 is 1. The topological polar surface area (TPSA) is 48.2 Å². The summed E-state index contributed by atoms with van der Waals surface area (Å²) >= 11 is 6.20. The van der Waals surface area contributed by atoms with Gasteiger partial charge in [-0.25, -0.2) is 0 Å². The lowest BCUT2D eigenvalue weighted by atomic mass is 10.2. The molecule has 144 valence electrons. The van der Waals surface area contributed by atoms with Gasteiger partial charge in [-0.2, -0.15) is 0 Å². The third kappa shape index (κ3) is 3.07. The van der Waals surface area contributed by atoms with Gasteiger partial charge in [0, 0.05) is 36.8 Å². The predicted molar refractivity (Wildman–Crippen MR) is 114 cm³/mol. The van der Waals surface area contributed by atoms with E-state index in [0.29, 0.717) is 29.6 Å².